The van der Waals surface area contributed by atoms with Crippen LogP contribution in [0.4, 0.5) is 34.6 Å². The van der Waals surface area contributed by atoms with Crippen molar-refractivity contribution in [3.05, 3.63) is 94.6 Å². The molecule has 3 aromatic carbocycles. The Morgan fingerprint density at radius 1 is 1.00 bits per heavy atom. The summed E-state index contributed by atoms with van der Waals surface area (Å²) in [5, 5.41) is 5.55. The zero-order chi connectivity index (χ0) is 26.5. The molecule has 0 bridgehead atoms. The first-order valence-corrected chi connectivity index (χ1v) is 11.5. The van der Waals surface area contributed by atoms with Gasteiger partial charge in [0.15, 0.2) is 5.82 Å². The van der Waals surface area contributed by atoms with E-state index >= 15 is 0 Å². The van der Waals surface area contributed by atoms with Crippen LogP contribution in [0.2, 0.25) is 0 Å². The number of halogens is 5. The molecule has 36 heavy (non-hydrogen) atoms. The van der Waals surface area contributed by atoms with Gasteiger partial charge in [0.1, 0.15) is 23.1 Å². The van der Waals surface area contributed by atoms with E-state index in [1.165, 1.54) is 13.0 Å². The van der Waals surface area contributed by atoms with Gasteiger partial charge in [0.25, 0.3) is 0 Å². The second-order valence-corrected chi connectivity index (χ2v) is 9.99. The number of nitrogens with one attached hydrogen (secondary N) is 2. The molecule has 3 aromatic rings. The maximum atomic E-state index is 14.7. The zero-order valence-electron chi connectivity index (χ0n) is 19.8. The van der Waals surface area contributed by atoms with Crippen LogP contribution in [0, 0.1) is 43.0 Å². The molecular formula is C27H24ClF4N3O. The molecule has 0 radical (unpaired) electrons. The predicted octanol–water partition coefficient (Wildman–Crippen LogP) is 6.87. The summed E-state index contributed by atoms with van der Waals surface area (Å²) in [6.45, 7) is 8.78. The van der Waals surface area contributed by atoms with Gasteiger partial charge in [-0.25, -0.2) is 17.6 Å². The van der Waals surface area contributed by atoms with Gasteiger partial charge < -0.3 is 16.4 Å². The normalized spacial score (nSPS) is 20.7. The third-order valence-electron chi connectivity index (χ3n) is 6.55. The highest BCUT2D eigenvalue weighted by Gasteiger charge is 2.65. The highest BCUT2D eigenvalue weighted by Crippen LogP contribution is 2.62. The summed E-state index contributed by atoms with van der Waals surface area (Å²) in [5.74, 6) is -4.96. The molecule has 4 rings (SSSR count). The fraction of sp³-hybridized carbons (Fsp3) is 0.222. The van der Waals surface area contributed by atoms with Crippen LogP contribution >= 0.6 is 11.6 Å². The molecule has 1 amide bonds. The summed E-state index contributed by atoms with van der Waals surface area (Å²) in [7, 11) is 0. The standard InChI is InChI=1S/C27H24ClF4N3O/c1-12-5-6-16(11-17(12)14(3)34-20-8-7-19(30)25(33)24(20)32)35-26(36)22-21(27(22,4)28)18-10-15(29)9-13(2)23(18)31/h5-11,21-22,34H,3,33H2,1-2,4H3,(H,35,36). The molecule has 0 aliphatic heterocycles. The summed E-state index contributed by atoms with van der Waals surface area (Å²) >= 11 is 6.53. The van der Waals surface area contributed by atoms with Crippen molar-refractivity contribution in [3.63, 3.8) is 0 Å². The lowest BCUT2D eigenvalue weighted by atomic mass is 10.0. The smallest absolute Gasteiger partial charge is 0.229 e. The number of rotatable bonds is 6. The monoisotopic (exact) mass is 517 g/mol. The second kappa shape index (κ2) is 9.17. The molecule has 188 valence electrons. The van der Waals surface area contributed by atoms with Gasteiger partial charge in [-0.3, -0.25) is 4.79 Å². The number of hydrogen-bond donors (Lipinski definition) is 3. The lowest BCUT2D eigenvalue weighted by Crippen LogP contribution is -2.18. The van der Waals surface area contributed by atoms with Crippen LogP contribution in [-0.4, -0.2) is 10.8 Å². The van der Waals surface area contributed by atoms with Gasteiger partial charge in [-0.05, 0) is 73.9 Å². The lowest BCUT2D eigenvalue weighted by Gasteiger charge is -2.16. The molecule has 3 unspecified atom stereocenters. The van der Waals surface area contributed by atoms with Gasteiger partial charge in [-0.15, -0.1) is 11.6 Å². The molecular weight excluding hydrogens is 494 g/mol. The van der Waals surface area contributed by atoms with E-state index < -0.39 is 51.6 Å². The number of nitrogen functional groups attached to an aromatic ring is 1. The fourth-order valence-corrected chi connectivity index (χ4v) is 4.90. The fourth-order valence-electron chi connectivity index (χ4n) is 4.49. The summed E-state index contributed by atoms with van der Waals surface area (Å²) in [6.07, 6.45) is 0. The van der Waals surface area contributed by atoms with Crippen molar-refractivity contribution in [1.29, 1.82) is 0 Å². The van der Waals surface area contributed by atoms with Crippen LogP contribution in [0.15, 0.2) is 49.0 Å². The van der Waals surface area contributed by atoms with Gasteiger partial charge in [-0.2, -0.15) is 0 Å². The van der Waals surface area contributed by atoms with Crippen LogP contribution in [-0.2, 0) is 4.79 Å². The average Bonchev–Trinajstić information content (AvgIpc) is 3.39. The Balaban J connectivity index is 1.54. The van der Waals surface area contributed by atoms with Crippen LogP contribution in [0.5, 0.6) is 0 Å². The third-order valence-corrected chi connectivity index (χ3v) is 7.02. The van der Waals surface area contributed by atoms with E-state index in [2.05, 4.69) is 17.2 Å². The van der Waals surface area contributed by atoms with E-state index in [-0.39, 0.29) is 22.5 Å². The number of benzene rings is 3. The minimum atomic E-state index is -1.09. The number of carbonyl (C=O) groups excluding carboxylic acids is 1. The Labute approximate surface area is 211 Å². The van der Waals surface area contributed by atoms with Gasteiger partial charge in [0.2, 0.25) is 5.91 Å². The van der Waals surface area contributed by atoms with Crippen molar-refractivity contribution in [1.82, 2.24) is 0 Å². The number of carbonyl (C=O) groups is 1. The summed E-state index contributed by atoms with van der Waals surface area (Å²) in [5.41, 5.74) is 6.96. The Kier molecular flexibility index (Phi) is 6.51. The number of amides is 1. The van der Waals surface area contributed by atoms with Crippen molar-refractivity contribution < 1.29 is 22.4 Å². The Morgan fingerprint density at radius 2 is 1.69 bits per heavy atom. The third kappa shape index (κ3) is 4.53. The van der Waals surface area contributed by atoms with Crippen LogP contribution in [0.3, 0.4) is 0 Å². The molecule has 0 saturated heterocycles. The molecule has 4 N–H and O–H groups in total. The number of nitrogens with two attached hydrogens (primary N) is 1. The zero-order valence-corrected chi connectivity index (χ0v) is 20.5. The molecule has 1 aliphatic rings. The SMILES string of the molecule is C=C(Nc1ccc(F)c(N)c1F)c1cc(NC(=O)C2C(c3cc(F)cc(C)c3F)C2(C)Cl)ccc1C. The van der Waals surface area contributed by atoms with Crippen LogP contribution in [0.25, 0.3) is 5.70 Å². The van der Waals surface area contributed by atoms with Crippen molar-refractivity contribution in [2.75, 3.05) is 16.4 Å². The van der Waals surface area contributed by atoms with Gasteiger partial charge in [0, 0.05) is 22.9 Å². The van der Waals surface area contributed by atoms with E-state index in [1.807, 2.05) is 0 Å². The number of anilines is 3. The molecule has 1 fully saturated rings. The van der Waals surface area contributed by atoms with Gasteiger partial charge in [0.05, 0.1) is 16.5 Å². The van der Waals surface area contributed by atoms with E-state index in [1.54, 1.807) is 32.0 Å². The summed E-state index contributed by atoms with van der Waals surface area (Å²) in [4.78, 5) is 12.0. The molecule has 1 saturated carbocycles. The lowest BCUT2D eigenvalue weighted by molar-refractivity contribution is -0.117. The highest BCUT2D eigenvalue weighted by molar-refractivity contribution is 6.30. The first-order chi connectivity index (χ1) is 16.8. The first kappa shape index (κ1) is 25.6. The highest BCUT2D eigenvalue weighted by atomic mass is 35.5. The van der Waals surface area contributed by atoms with Crippen LogP contribution in [0.1, 0.15) is 35.1 Å². The first-order valence-electron chi connectivity index (χ1n) is 11.1. The van der Waals surface area contributed by atoms with Gasteiger partial charge >= 0.3 is 0 Å². The summed E-state index contributed by atoms with van der Waals surface area (Å²) < 4.78 is 56.4. The molecule has 0 aromatic heterocycles. The maximum Gasteiger partial charge on any atom is 0.229 e. The van der Waals surface area contributed by atoms with Crippen LogP contribution < -0.4 is 16.4 Å². The number of hydrogen-bond acceptors (Lipinski definition) is 3. The summed E-state index contributed by atoms with van der Waals surface area (Å²) in [6, 6.07) is 9.42. The molecule has 1 aliphatic carbocycles. The molecule has 0 spiro atoms. The van der Waals surface area contributed by atoms with Crippen molar-refractivity contribution in [2.45, 2.75) is 31.6 Å². The molecule has 0 heterocycles. The number of aryl methyl sites for hydroxylation is 2. The van der Waals surface area contributed by atoms with Crippen molar-refractivity contribution in [3.8, 4) is 0 Å². The Bertz CT molecular complexity index is 1410. The van der Waals surface area contributed by atoms with Gasteiger partial charge in [-0.1, -0.05) is 12.6 Å². The molecule has 3 atom stereocenters. The quantitative estimate of drug-likeness (QED) is 0.190. The largest absolute Gasteiger partial charge is 0.394 e. The Morgan fingerprint density at radius 3 is 2.39 bits per heavy atom. The maximum absolute atomic E-state index is 14.7. The van der Waals surface area contributed by atoms with E-state index in [0.717, 1.165) is 23.8 Å². The molecule has 9 heteroatoms. The van der Waals surface area contributed by atoms with E-state index in [4.69, 9.17) is 17.3 Å². The van der Waals surface area contributed by atoms with E-state index in [0.29, 0.717) is 11.3 Å². The predicted molar refractivity (Wildman–Crippen MR) is 135 cm³/mol. The van der Waals surface area contributed by atoms with E-state index in [9.17, 15) is 22.4 Å². The second-order valence-electron chi connectivity index (χ2n) is 9.18. The minimum absolute atomic E-state index is 0.0566. The topological polar surface area (TPSA) is 67.2 Å². The minimum Gasteiger partial charge on any atom is -0.394 e. The van der Waals surface area contributed by atoms with Crippen molar-refractivity contribution >= 4 is 40.3 Å². The molecule has 4 nitrogen and oxygen atoms in total. The number of alkyl halides is 1. The van der Waals surface area contributed by atoms with Crippen molar-refractivity contribution in [2.24, 2.45) is 5.92 Å². The Hall–Kier alpha value is -3.52. The average molecular weight is 518 g/mol.